The SMILES string of the molecule is C[C@@H](OC(=O)/C=C/c1ccsc1)C(=O)N1CCN(c2ccccc2)CC1. The van der Waals surface area contributed by atoms with Gasteiger partial charge in [-0.25, -0.2) is 4.79 Å². The molecule has 0 bridgehead atoms. The molecule has 0 spiro atoms. The molecule has 0 N–H and O–H groups in total. The van der Waals surface area contributed by atoms with E-state index in [1.807, 2.05) is 35.0 Å². The van der Waals surface area contributed by atoms with Crippen LogP contribution in [0.3, 0.4) is 0 Å². The zero-order chi connectivity index (χ0) is 18.4. The van der Waals surface area contributed by atoms with Crippen LogP contribution in [-0.4, -0.2) is 49.1 Å². The van der Waals surface area contributed by atoms with Gasteiger partial charge in [0.25, 0.3) is 5.91 Å². The average molecular weight is 370 g/mol. The summed E-state index contributed by atoms with van der Waals surface area (Å²) in [6, 6.07) is 12.1. The number of benzene rings is 1. The molecule has 6 heteroatoms. The van der Waals surface area contributed by atoms with Gasteiger partial charge in [0.05, 0.1) is 0 Å². The van der Waals surface area contributed by atoms with E-state index in [9.17, 15) is 9.59 Å². The number of thiophene rings is 1. The van der Waals surface area contributed by atoms with E-state index in [2.05, 4.69) is 17.0 Å². The smallest absolute Gasteiger partial charge is 0.331 e. The van der Waals surface area contributed by atoms with E-state index >= 15 is 0 Å². The van der Waals surface area contributed by atoms with E-state index in [1.54, 1.807) is 29.2 Å². The molecule has 0 unspecified atom stereocenters. The topological polar surface area (TPSA) is 49.9 Å². The molecule has 2 heterocycles. The second-order valence-corrected chi connectivity index (χ2v) is 6.90. The Bertz CT molecular complexity index is 751. The lowest BCUT2D eigenvalue weighted by Gasteiger charge is -2.36. The van der Waals surface area contributed by atoms with Crippen LogP contribution in [0.2, 0.25) is 0 Å². The van der Waals surface area contributed by atoms with Gasteiger partial charge in [0, 0.05) is 37.9 Å². The first kappa shape index (κ1) is 18.2. The molecule has 1 atom stereocenters. The molecule has 1 aromatic heterocycles. The van der Waals surface area contributed by atoms with Crippen molar-refractivity contribution in [3.63, 3.8) is 0 Å². The Morgan fingerprint density at radius 2 is 1.85 bits per heavy atom. The fourth-order valence-corrected chi connectivity index (χ4v) is 3.51. The van der Waals surface area contributed by atoms with Crippen molar-refractivity contribution in [3.05, 3.63) is 58.8 Å². The Balaban J connectivity index is 1.47. The van der Waals surface area contributed by atoms with E-state index in [0.29, 0.717) is 13.1 Å². The molecule has 0 saturated carbocycles. The minimum Gasteiger partial charge on any atom is -0.449 e. The summed E-state index contributed by atoms with van der Waals surface area (Å²) in [6.45, 7) is 4.42. The second kappa shape index (κ2) is 8.67. The fourth-order valence-electron chi connectivity index (χ4n) is 2.88. The highest BCUT2D eigenvalue weighted by atomic mass is 32.1. The molecule has 0 radical (unpaired) electrons. The van der Waals surface area contributed by atoms with Gasteiger partial charge in [-0.2, -0.15) is 11.3 Å². The summed E-state index contributed by atoms with van der Waals surface area (Å²) in [6.07, 6.45) is 2.27. The van der Waals surface area contributed by atoms with Crippen LogP contribution in [0.1, 0.15) is 12.5 Å². The minimum absolute atomic E-state index is 0.144. The largest absolute Gasteiger partial charge is 0.449 e. The number of amides is 1. The van der Waals surface area contributed by atoms with Crippen molar-refractivity contribution < 1.29 is 14.3 Å². The van der Waals surface area contributed by atoms with E-state index in [4.69, 9.17) is 4.74 Å². The van der Waals surface area contributed by atoms with Gasteiger partial charge in [-0.05, 0) is 47.5 Å². The number of esters is 1. The molecule has 1 aliphatic heterocycles. The molecule has 2 aromatic rings. The van der Waals surface area contributed by atoms with Gasteiger partial charge < -0.3 is 14.5 Å². The monoisotopic (exact) mass is 370 g/mol. The predicted octanol–water partition coefficient (Wildman–Crippen LogP) is 3.04. The third kappa shape index (κ3) is 4.73. The number of carbonyl (C=O) groups excluding carboxylic acids is 2. The van der Waals surface area contributed by atoms with Crippen LogP contribution in [0.15, 0.2) is 53.2 Å². The van der Waals surface area contributed by atoms with Crippen LogP contribution in [-0.2, 0) is 14.3 Å². The molecule has 1 aromatic carbocycles. The third-order valence-electron chi connectivity index (χ3n) is 4.31. The van der Waals surface area contributed by atoms with Crippen LogP contribution in [0.25, 0.3) is 6.08 Å². The van der Waals surface area contributed by atoms with E-state index in [-0.39, 0.29) is 5.91 Å². The number of ether oxygens (including phenoxy) is 1. The lowest BCUT2D eigenvalue weighted by molar-refractivity contribution is -0.155. The first-order valence-corrected chi connectivity index (χ1v) is 9.57. The van der Waals surface area contributed by atoms with E-state index in [0.717, 1.165) is 24.3 Å². The predicted molar refractivity (Wildman–Crippen MR) is 104 cm³/mol. The Morgan fingerprint density at radius 3 is 2.50 bits per heavy atom. The van der Waals surface area contributed by atoms with Gasteiger partial charge in [-0.3, -0.25) is 4.79 Å². The fraction of sp³-hybridized carbons (Fsp3) is 0.300. The van der Waals surface area contributed by atoms with Gasteiger partial charge in [-0.15, -0.1) is 0 Å². The van der Waals surface area contributed by atoms with Gasteiger partial charge in [0.15, 0.2) is 6.10 Å². The maximum Gasteiger partial charge on any atom is 0.331 e. The van der Waals surface area contributed by atoms with Crippen LogP contribution in [0.4, 0.5) is 5.69 Å². The quantitative estimate of drug-likeness (QED) is 0.600. The van der Waals surface area contributed by atoms with Gasteiger partial charge in [-0.1, -0.05) is 18.2 Å². The summed E-state index contributed by atoms with van der Waals surface area (Å²) >= 11 is 1.56. The van der Waals surface area contributed by atoms with E-state index in [1.165, 1.54) is 6.08 Å². The third-order valence-corrected chi connectivity index (χ3v) is 5.01. The minimum atomic E-state index is -0.780. The van der Waals surface area contributed by atoms with Gasteiger partial charge >= 0.3 is 5.97 Å². The molecule has 0 aliphatic carbocycles. The molecule has 1 aliphatic rings. The van der Waals surface area contributed by atoms with E-state index < -0.39 is 12.1 Å². The van der Waals surface area contributed by atoms with Crippen molar-refractivity contribution in [3.8, 4) is 0 Å². The number of nitrogens with zero attached hydrogens (tertiary/aromatic N) is 2. The highest BCUT2D eigenvalue weighted by Crippen LogP contribution is 2.16. The molecule has 3 rings (SSSR count). The van der Waals surface area contributed by atoms with Crippen molar-refractivity contribution in [1.29, 1.82) is 0 Å². The zero-order valence-corrected chi connectivity index (χ0v) is 15.5. The van der Waals surface area contributed by atoms with Gasteiger partial charge in [0.2, 0.25) is 0 Å². The lowest BCUT2D eigenvalue weighted by Crippen LogP contribution is -2.51. The molecular weight excluding hydrogens is 348 g/mol. The Morgan fingerprint density at radius 1 is 1.12 bits per heavy atom. The van der Waals surface area contributed by atoms with Gasteiger partial charge in [0.1, 0.15) is 0 Å². The Kier molecular flexibility index (Phi) is 6.07. The van der Waals surface area contributed by atoms with Crippen LogP contribution in [0.5, 0.6) is 0 Å². The maximum absolute atomic E-state index is 12.5. The summed E-state index contributed by atoms with van der Waals surface area (Å²) in [7, 11) is 0. The van der Waals surface area contributed by atoms with Crippen LogP contribution >= 0.6 is 11.3 Å². The van der Waals surface area contributed by atoms with Crippen molar-refractivity contribution >= 4 is 35.0 Å². The summed E-state index contributed by atoms with van der Waals surface area (Å²) in [5, 5.41) is 3.87. The highest BCUT2D eigenvalue weighted by molar-refractivity contribution is 7.08. The van der Waals surface area contributed by atoms with Crippen LogP contribution in [0, 0.1) is 0 Å². The van der Waals surface area contributed by atoms with Crippen molar-refractivity contribution in [2.45, 2.75) is 13.0 Å². The van der Waals surface area contributed by atoms with Crippen molar-refractivity contribution in [2.24, 2.45) is 0 Å². The second-order valence-electron chi connectivity index (χ2n) is 6.12. The first-order valence-electron chi connectivity index (χ1n) is 8.63. The number of para-hydroxylation sites is 1. The standard InChI is InChI=1S/C20H22N2O3S/c1-16(25-19(23)8-7-17-9-14-26-15-17)20(24)22-12-10-21(11-13-22)18-5-3-2-4-6-18/h2-9,14-16H,10-13H2,1H3/b8-7+/t16-/m1/s1. The number of hydrogen-bond acceptors (Lipinski definition) is 5. The number of carbonyl (C=O) groups is 2. The Hall–Kier alpha value is -2.60. The molecule has 136 valence electrons. The number of anilines is 1. The lowest BCUT2D eigenvalue weighted by atomic mass is 10.2. The zero-order valence-electron chi connectivity index (χ0n) is 14.7. The Labute approximate surface area is 157 Å². The van der Waals surface area contributed by atoms with Crippen molar-refractivity contribution in [2.75, 3.05) is 31.1 Å². The summed E-state index contributed by atoms with van der Waals surface area (Å²) in [4.78, 5) is 28.4. The van der Waals surface area contributed by atoms with Crippen molar-refractivity contribution in [1.82, 2.24) is 4.90 Å². The molecule has 1 amide bonds. The summed E-state index contributed by atoms with van der Waals surface area (Å²) in [5.74, 6) is -0.644. The number of piperazine rings is 1. The molecule has 5 nitrogen and oxygen atoms in total. The highest BCUT2D eigenvalue weighted by Gasteiger charge is 2.26. The summed E-state index contributed by atoms with van der Waals surface area (Å²) in [5.41, 5.74) is 2.11. The molecule has 1 fully saturated rings. The molecule has 1 saturated heterocycles. The number of hydrogen-bond donors (Lipinski definition) is 0. The maximum atomic E-state index is 12.5. The molecular formula is C20H22N2O3S. The average Bonchev–Trinajstić information content (AvgIpc) is 3.20. The first-order chi connectivity index (χ1) is 12.6. The molecule has 26 heavy (non-hydrogen) atoms. The normalized spacial score (nSPS) is 15.9. The van der Waals surface area contributed by atoms with Crippen LogP contribution < -0.4 is 4.90 Å². The number of rotatable bonds is 5. The summed E-state index contributed by atoms with van der Waals surface area (Å²) < 4.78 is 5.25.